The molecule has 0 spiro atoms. The maximum absolute atomic E-state index is 12.3. The molecule has 176 valence electrons. The van der Waals surface area contributed by atoms with Gasteiger partial charge in [-0.1, -0.05) is 0 Å². The van der Waals surface area contributed by atoms with Gasteiger partial charge in [0.05, 0.1) is 6.17 Å². The zero-order valence-corrected chi connectivity index (χ0v) is 19.9. The Morgan fingerprint density at radius 2 is 1.94 bits per heavy atom. The Hall–Kier alpha value is -0.540. The van der Waals surface area contributed by atoms with E-state index in [9.17, 15) is 4.79 Å². The zero-order valence-electron chi connectivity index (χ0n) is 19.1. The van der Waals surface area contributed by atoms with Crippen molar-refractivity contribution >= 4 is 17.8 Å². The highest BCUT2D eigenvalue weighted by molar-refractivity contribution is 7.99. The first kappa shape index (κ1) is 22.3. The lowest BCUT2D eigenvalue weighted by Crippen LogP contribution is -2.60. The molecule has 6 aliphatic rings. The molecule has 6 rings (SSSR count). The maximum Gasteiger partial charge on any atom is 0.315 e. The van der Waals surface area contributed by atoms with E-state index in [-0.39, 0.29) is 6.03 Å². The number of nitrogens with one attached hydrogen (secondary N) is 3. The highest BCUT2D eigenvalue weighted by Crippen LogP contribution is 2.36. The Kier molecular flexibility index (Phi) is 7.61. The highest BCUT2D eigenvalue weighted by atomic mass is 32.2. The Morgan fingerprint density at radius 3 is 2.65 bits per heavy atom. The van der Waals surface area contributed by atoms with Crippen LogP contribution in [0.1, 0.15) is 38.5 Å². The molecule has 0 aromatic rings. The summed E-state index contributed by atoms with van der Waals surface area (Å²) >= 11 is 1.94. The Balaban J connectivity index is 1.02. The fourth-order valence-corrected chi connectivity index (χ4v) is 7.65. The van der Waals surface area contributed by atoms with Gasteiger partial charge in [-0.25, -0.2) is 4.79 Å². The normalized spacial score (nSPS) is 39.5. The van der Waals surface area contributed by atoms with Crippen LogP contribution in [0.15, 0.2) is 0 Å². The van der Waals surface area contributed by atoms with Gasteiger partial charge in [0.1, 0.15) is 0 Å². The van der Waals surface area contributed by atoms with E-state index >= 15 is 0 Å². The topological polar surface area (TPSA) is 62.9 Å². The van der Waals surface area contributed by atoms with Crippen LogP contribution in [-0.2, 0) is 0 Å². The lowest BCUT2D eigenvalue weighted by atomic mass is 9.75. The van der Waals surface area contributed by atoms with Crippen molar-refractivity contribution in [3.8, 4) is 0 Å². The molecular weight excluding hydrogens is 408 g/mol. The maximum atomic E-state index is 12.3. The van der Waals surface area contributed by atoms with Crippen LogP contribution in [0.4, 0.5) is 4.79 Å². The van der Waals surface area contributed by atoms with E-state index in [1.807, 2.05) is 11.8 Å². The highest BCUT2D eigenvalue weighted by Gasteiger charge is 2.41. The van der Waals surface area contributed by atoms with Crippen LogP contribution in [0, 0.1) is 11.8 Å². The molecule has 3 unspecified atom stereocenters. The Morgan fingerprint density at radius 1 is 1.03 bits per heavy atom. The predicted molar refractivity (Wildman–Crippen MR) is 127 cm³/mol. The smallest absolute Gasteiger partial charge is 0.315 e. The third-order valence-electron chi connectivity index (χ3n) is 8.40. The van der Waals surface area contributed by atoms with E-state index in [0.717, 1.165) is 30.6 Å². The van der Waals surface area contributed by atoms with E-state index in [1.54, 1.807) is 0 Å². The summed E-state index contributed by atoms with van der Waals surface area (Å²) < 4.78 is 0. The SMILES string of the molecule is O=C(NC[C@H]1C[C@@H]2CCN1C[C@H]2CN1CCN(C2CCCCN2)CC1)NC1CCSC1. The quantitative estimate of drug-likeness (QED) is 0.566. The molecular formula is C23H42N6OS. The Bertz CT molecular complexity index is 589. The van der Waals surface area contributed by atoms with Crippen molar-refractivity contribution in [2.24, 2.45) is 11.8 Å². The summed E-state index contributed by atoms with van der Waals surface area (Å²) in [6.07, 6.45) is 8.40. The molecule has 2 amide bonds. The molecule has 0 aliphatic carbocycles. The molecule has 6 fully saturated rings. The molecule has 0 aromatic heterocycles. The van der Waals surface area contributed by atoms with Crippen LogP contribution >= 0.6 is 11.8 Å². The van der Waals surface area contributed by atoms with Crippen molar-refractivity contribution in [1.29, 1.82) is 0 Å². The molecule has 7 nitrogen and oxygen atoms in total. The van der Waals surface area contributed by atoms with E-state index in [0.29, 0.717) is 18.2 Å². The molecule has 6 atom stereocenters. The number of piperazine rings is 1. The summed E-state index contributed by atoms with van der Waals surface area (Å²) in [5, 5.41) is 10.0. The van der Waals surface area contributed by atoms with Crippen molar-refractivity contribution in [1.82, 2.24) is 30.7 Å². The molecule has 0 radical (unpaired) electrons. The van der Waals surface area contributed by atoms with Crippen molar-refractivity contribution in [2.75, 3.05) is 70.4 Å². The van der Waals surface area contributed by atoms with Crippen molar-refractivity contribution in [3.05, 3.63) is 0 Å². The van der Waals surface area contributed by atoms with Crippen LogP contribution in [0.25, 0.3) is 0 Å². The molecule has 31 heavy (non-hydrogen) atoms. The first-order chi connectivity index (χ1) is 15.2. The van der Waals surface area contributed by atoms with Gasteiger partial charge in [-0.05, 0) is 69.2 Å². The van der Waals surface area contributed by atoms with Gasteiger partial charge in [-0.3, -0.25) is 9.80 Å². The first-order valence-electron chi connectivity index (χ1n) is 12.8. The number of amides is 2. The average Bonchev–Trinajstić information content (AvgIpc) is 3.32. The zero-order chi connectivity index (χ0) is 21.0. The number of fused-ring (bicyclic) bond motifs is 3. The van der Waals surface area contributed by atoms with E-state index in [2.05, 4.69) is 30.7 Å². The number of urea groups is 1. The standard InChI is InChI=1S/C23H42N6OS/c30-23(26-20-5-12-31-17-20)25-14-21-13-18-4-7-29(21)16-19(18)15-27-8-10-28(11-9-27)22-3-1-2-6-24-22/h18-22,24H,1-17H2,(H2,25,26,30)/t18-,19+,20?,21+,22?/m0/s1. The molecule has 6 saturated heterocycles. The molecule has 8 heteroatoms. The second-order valence-corrected chi connectivity index (χ2v) is 11.6. The van der Waals surface area contributed by atoms with E-state index in [4.69, 9.17) is 0 Å². The van der Waals surface area contributed by atoms with Gasteiger partial charge in [0, 0.05) is 63.6 Å². The molecule has 3 N–H and O–H groups in total. The van der Waals surface area contributed by atoms with Gasteiger partial charge in [-0.2, -0.15) is 11.8 Å². The lowest BCUT2D eigenvalue weighted by molar-refractivity contribution is -0.0205. The second kappa shape index (κ2) is 10.6. The third-order valence-corrected chi connectivity index (χ3v) is 9.56. The summed E-state index contributed by atoms with van der Waals surface area (Å²) in [6.45, 7) is 10.6. The average molecular weight is 451 g/mol. The minimum absolute atomic E-state index is 0.0389. The summed E-state index contributed by atoms with van der Waals surface area (Å²) in [6, 6.07) is 0.941. The van der Waals surface area contributed by atoms with Gasteiger partial charge < -0.3 is 20.9 Å². The molecule has 0 aromatic carbocycles. The van der Waals surface area contributed by atoms with Crippen LogP contribution in [0.3, 0.4) is 0 Å². The number of carbonyl (C=O) groups excluding carboxylic acids is 1. The monoisotopic (exact) mass is 450 g/mol. The van der Waals surface area contributed by atoms with Crippen molar-refractivity contribution in [3.63, 3.8) is 0 Å². The third kappa shape index (κ3) is 5.69. The van der Waals surface area contributed by atoms with Crippen LogP contribution < -0.4 is 16.0 Å². The van der Waals surface area contributed by atoms with E-state index < -0.39 is 0 Å². The largest absolute Gasteiger partial charge is 0.337 e. The van der Waals surface area contributed by atoms with Crippen LogP contribution in [0.5, 0.6) is 0 Å². The lowest BCUT2D eigenvalue weighted by Gasteiger charge is -2.51. The minimum atomic E-state index is 0.0389. The first-order valence-corrected chi connectivity index (χ1v) is 14.0. The number of carbonyl (C=O) groups is 1. The van der Waals surface area contributed by atoms with Crippen LogP contribution in [-0.4, -0.2) is 109 Å². The number of nitrogens with zero attached hydrogens (tertiary/aromatic N) is 3. The fraction of sp³-hybridized carbons (Fsp3) is 0.957. The predicted octanol–water partition coefficient (Wildman–Crippen LogP) is 1.22. The van der Waals surface area contributed by atoms with Gasteiger partial charge in [0.15, 0.2) is 0 Å². The second-order valence-electron chi connectivity index (χ2n) is 10.4. The Labute approximate surface area is 192 Å². The summed E-state index contributed by atoms with van der Waals surface area (Å²) in [5.74, 6) is 3.90. The molecule has 2 bridgehead atoms. The number of piperidine rings is 4. The van der Waals surface area contributed by atoms with Gasteiger partial charge >= 0.3 is 6.03 Å². The number of rotatable bonds is 6. The van der Waals surface area contributed by atoms with Crippen LogP contribution in [0.2, 0.25) is 0 Å². The molecule has 6 aliphatic heterocycles. The minimum Gasteiger partial charge on any atom is -0.337 e. The number of thioether (sulfide) groups is 1. The molecule has 0 saturated carbocycles. The van der Waals surface area contributed by atoms with Gasteiger partial charge in [-0.15, -0.1) is 0 Å². The summed E-state index contributed by atoms with van der Waals surface area (Å²) in [5.41, 5.74) is 0. The van der Waals surface area contributed by atoms with Gasteiger partial charge in [0.25, 0.3) is 0 Å². The van der Waals surface area contributed by atoms with Crippen molar-refractivity contribution < 1.29 is 4.79 Å². The fourth-order valence-electron chi connectivity index (χ4n) is 6.50. The summed E-state index contributed by atoms with van der Waals surface area (Å²) in [4.78, 5) is 20.3. The number of hydrogen-bond acceptors (Lipinski definition) is 6. The number of hydrogen-bond donors (Lipinski definition) is 3. The van der Waals surface area contributed by atoms with E-state index in [1.165, 1.54) is 90.2 Å². The molecule has 6 heterocycles. The summed E-state index contributed by atoms with van der Waals surface area (Å²) in [7, 11) is 0. The van der Waals surface area contributed by atoms with Crippen molar-refractivity contribution in [2.45, 2.75) is 56.8 Å². The van der Waals surface area contributed by atoms with Gasteiger partial charge in [0.2, 0.25) is 0 Å².